The van der Waals surface area contributed by atoms with Crippen molar-refractivity contribution in [1.82, 2.24) is 9.88 Å². The summed E-state index contributed by atoms with van der Waals surface area (Å²) in [6.45, 7) is 14.9. The van der Waals surface area contributed by atoms with Gasteiger partial charge in [0.05, 0.1) is 24.3 Å². The Morgan fingerprint density at radius 2 is 1.92 bits per heavy atom. The van der Waals surface area contributed by atoms with Gasteiger partial charge >= 0.3 is 5.97 Å². The summed E-state index contributed by atoms with van der Waals surface area (Å²) >= 11 is 7.49. The summed E-state index contributed by atoms with van der Waals surface area (Å²) < 4.78 is 5.11. The van der Waals surface area contributed by atoms with Crippen molar-refractivity contribution in [2.75, 3.05) is 25.0 Å². The van der Waals surface area contributed by atoms with E-state index in [4.69, 9.17) is 21.3 Å². The van der Waals surface area contributed by atoms with Crippen LogP contribution in [0.25, 0.3) is 0 Å². The van der Waals surface area contributed by atoms with E-state index < -0.39 is 22.5 Å². The third kappa shape index (κ3) is 6.47. The first-order chi connectivity index (χ1) is 17.2. The summed E-state index contributed by atoms with van der Waals surface area (Å²) in [7, 11) is 0. The number of halogens is 1. The fourth-order valence-electron chi connectivity index (χ4n) is 4.93. The Labute approximate surface area is 229 Å². The molecule has 37 heavy (non-hydrogen) atoms. The Hall–Kier alpha value is -2.16. The molecule has 2 heterocycles. The molecule has 0 saturated carbocycles. The van der Waals surface area contributed by atoms with Crippen molar-refractivity contribution in [3.05, 3.63) is 45.9 Å². The second-order valence-electron chi connectivity index (χ2n) is 11.5. The molecular formula is C28H40ClN3O4S. The normalized spacial score (nSPS) is 20.5. The van der Waals surface area contributed by atoms with Gasteiger partial charge in [-0.2, -0.15) is 0 Å². The van der Waals surface area contributed by atoms with Crippen LogP contribution in [0.15, 0.2) is 29.6 Å². The molecule has 1 saturated heterocycles. The molecule has 1 aromatic heterocycles. The van der Waals surface area contributed by atoms with Crippen molar-refractivity contribution in [3.8, 4) is 0 Å². The van der Waals surface area contributed by atoms with Gasteiger partial charge in [0.25, 0.3) is 0 Å². The van der Waals surface area contributed by atoms with E-state index in [1.54, 1.807) is 19.1 Å². The second kappa shape index (κ2) is 11.3. The van der Waals surface area contributed by atoms with Crippen molar-refractivity contribution in [2.45, 2.75) is 78.4 Å². The number of nitrogens with zero attached hydrogens (tertiary/aromatic N) is 2. The van der Waals surface area contributed by atoms with E-state index >= 15 is 0 Å². The molecule has 1 aliphatic heterocycles. The molecule has 1 aromatic carbocycles. The van der Waals surface area contributed by atoms with Gasteiger partial charge in [0.15, 0.2) is 5.13 Å². The largest absolute Gasteiger partial charge is 0.466 e. The zero-order chi connectivity index (χ0) is 27.6. The van der Waals surface area contributed by atoms with Crippen LogP contribution in [-0.4, -0.2) is 52.6 Å². The number of benzene rings is 1. The summed E-state index contributed by atoms with van der Waals surface area (Å²) in [5.41, 5.74) is -0.516. The lowest BCUT2D eigenvalue weighted by Gasteiger charge is -2.51. The highest BCUT2D eigenvalue weighted by Crippen LogP contribution is 2.46. The van der Waals surface area contributed by atoms with E-state index in [1.165, 1.54) is 11.3 Å². The van der Waals surface area contributed by atoms with Crippen LogP contribution >= 0.6 is 22.9 Å². The number of nitrogens with one attached hydrogen (secondary N) is 1. The summed E-state index contributed by atoms with van der Waals surface area (Å²) in [5.74, 6) is -0.243. The lowest BCUT2D eigenvalue weighted by atomic mass is 9.66. The number of hydrogen-bond acceptors (Lipinski definition) is 7. The van der Waals surface area contributed by atoms with Crippen LogP contribution in [0.4, 0.5) is 5.13 Å². The zero-order valence-corrected chi connectivity index (χ0v) is 24.5. The van der Waals surface area contributed by atoms with Crippen LogP contribution in [0.1, 0.15) is 72.6 Å². The van der Waals surface area contributed by atoms with Crippen LogP contribution in [0.2, 0.25) is 5.02 Å². The molecule has 0 aliphatic carbocycles. The molecule has 1 aliphatic rings. The van der Waals surface area contributed by atoms with Crippen molar-refractivity contribution in [1.29, 1.82) is 0 Å². The fraction of sp³-hybridized carbons (Fsp3) is 0.607. The fourth-order valence-corrected chi connectivity index (χ4v) is 6.00. The molecule has 0 unspecified atom stereocenters. The number of aliphatic hydroxyl groups is 1. The minimum absolute atomic E-state index is 0.0104. The monoisotopic (exact) mass is 549 g/mol. The van der Waals surface area contributed by atoms with E-state index in [2.05, 4.69) is 5.32 Å². The standard InChI is InChI=1S/C28H40ClN3O4S/c1-8-36-22(33)15-26(4,5)21-16-37-25(30-21)31-23(18(2)3)24(34)32-14-13-28(35,27(6,7)17-32)19-9-11-20(29)12-10-19/h9-12,16,18,23,35H,8,13-15,17H2,1-7H3,(H,30,31)/t23-,28+/m1/s1. The first-order valence-corrected chi connectivity index (χ1v) is 14.1. The van der Waals surface area contributed by atoms with Crippen molar-refractivity contribution < 1.29 is 19.4 Å². The van der Waals surface area contributed by atoms with Crippen molar-refractivity contribution >= 4 is 39.9 Å². The number of esters is 1. The molecule has 2 atom stereocenters. The van der Waals surface area contributed by atoms with Crippen LogP contribution in [0, 0.1) is 11.3 Å². The van der Waals surface area contributed by atoms with Crippen LogP contribution in [0.3, 0.4) is 0 Å². The predicted octanol–water partition coefficient (Wildman–Crippen LogP) is 5.61. The molecule has 7 nitrogen and oxygen atoms in total. The van der Waals surface area contributed by atoms with E-state index in [-0.39, 0.29) is 24.2 Å². The average Bonchev–Trinajstić information content (AvgIpc) is 3.29. The number of hydrogen-bond donors (Lipinski definition) is 2. The maximum Gasteiger partial charge on any atom is 0.306 e. The van der Waals surface area contributed by atoms with Gasteiger partial charge in [-0.05, 0) is 37.0 Å². The molecule has 0 radical (unpaired) electrons. The maximum absolute atomic E-state index is 13.7. The number of carbonyl (C=O) groups is 2. The van der Waals surface area contributed by atoms with E-state index in [1.807, 2.05) is 64.0 Å². The lowest BCUT2D eigenvalue weighted by Crippen LogP contribution is -2.59. The first-order valence-electron chi connectivity index (χ1n) is 12.9. The number of thiazole rings is 1. The third-order valence-corrected chi connectivity index (χ3v) is 8.41. The highest BCUT2D eigenvalue weighted by Gasteiger charge is 2.50. The van der Waals surface area contributed by atoms with E-state index in [0.717, 1.165) is 11.3 Å². The Kier molecular flexibility index (Phi) is 8.97. The smallest absolute Gasteiger partial charge is 0.306 e. The topological polar surface area (TPSA) is 91.8 Å². The van der Waals surface area contributed by atoms with Gasteiger partial charge in [-0.1, -0.05) is 65.3 Å². The molecule has 0 spiro atoms. The van der Waals surface area contributed by atoms with Crippen LogP contribution in [0.5, 0.6) is 0 Å². The lowest BCUT2D eigenvalue weighted by molar-refractivity contribution is -0.154. The van der Waals surface area contributed by atoms with Gasteiger partial charge in [-0.3, -0.25) is 9.59 Å². The van der Waals surface area contributed by atoms with Gasteiger partial charge in [0, 0.05) is 34.3 Å². The Morgan fingerprint density at radius 3 is 2.49 bits per heavy atom. The molecule has 1 fully saturated rings. The van der Waals surface area contributed by atoms with Gasteiger partial charge < -0.3 is 20.1 Å². The van der Waals surface area contributed by atoms with Gasteiger partial charge in [0.2, 0.25) is 5.91 Å². The molecule has 3 rings (SSSR count). The van der Waals surface area contributed by atoms with E-state index in [0.29, 0.717) is 36.3 Å². The van der Waals surface area contributed by atoms with Crippen molar-refractivity contribution in [2.24, 2.45) is 11.3 Å². The SMILES string of the molecule is CCOC(=O)CC(C)(C)c1csc(N[C@@H](C(=O)N2CC[C@](O)(c3ccc(Cl)cc3)C(C)(C)C2)C(C)C)n1. The zero-order valence-electron chi connectivity index (χ0n) is 22.9. The summed E-state index contributed by atoms with van der Waals surface area (Å²) in [4.78, 5) is 32.3. The van der Waals surface area contributed by atoms with Crippen LogP contribution < -0.4 is 5.32 Å². The molecule has 2 N–H and O–H groups in total. The summed E-state index contributed by atoms with van der Waals surface area (Å²) in [5, 5.41) is 18.2. The van der Waals surface area contributed by atoms with Gasteiger partial charge in [-0.25, -0.2) is 4.98 Å². The van der Waals surface area contributed by atoms with Gasteiger partial charge in [0.1, 0.15) is 6.04 Å². The summed E-state index contributed by atoms with van der Waals surface area (Å²) in [6, 6.07) is 6.84. The number of likely N-dealkylation sites (tertiary alicyclic amines) is 1. The number of aromatic nitrogens is 1. The number of piperidine rings is 1. The highest BCUT2D eigenvalue weighted by atomic mass is 35.5. The molecule has 9 heteroatoms. The maximum atomic E-state index is 13.7. The predicted molar refractivity (Wildman–Crippen MR) is 149 cm³/mol. The number of amides is 1. The molecule has 2 aromatic rings. The Bertz CT molecular complexity index is 1100. The Morgan fingerprint density at radius 1 is 1.27 bits per heavy atom. The minimum atomic E-state index is -1.07. The average molecular weight is 550 g/mol. The summed E-state index contributed by atoms with van der Waals surface area (Å²) in [6.07, 6.45) is 0.664. The minimum Gasteiger partial charge on any atom is -0.466 e. The molecular weight excluding hydrogens is 510 g/mol. The number of carbonyl (C=O) groups excluding carboxylic acids is 2. The van der Waals surface area contributed by atoms with Gasteiger partial charge in [-0.15, -0.1) is 11.3 Å². The number of anilines is 1. The molecule has 1 amide bonds. The highest BCUT2D eigenvalue weighted by molar-refractivity contribution is 7.13. The first kappa shape index (κ1) is 29.4. The Balaban J connectivity index is 1.73. The number of ether oxygens (including phenoxy) is 1. The molecule has 0 bridgehead atoms. The van der Waals surface area contributed by atoms with Crippen molar-refractivity contribution in [3.63, 3.8) is 0 Å². The molecule has 204 valence electrons. The van der Waals surface area contributed by atoms with E-state index in [9.17, 15) is 14.7 Å². The second-order valence-corrected chi connectivity index (χ2v) is 12.8. The quantitative estimate of drug-likeness (QED) is 0.395. The third-order valence-electron chi connectivity index (χ3n) is 7.38. The number of rotatable bonds is 9. The van der Waals surface area contributed by atoms with Crippen LogP contribution in [-0.2, 0) is 25.3 Å².